The molecule has 1 heterocycles. The Labute approximate surface area is 147 Å². The van der Waals surface area contributed by atoms with Gasteiger partial charge in [0, 0.05) is 32.7 Å². The minimum absolute atomic E-state index is 0. The average Bonchev–Trinajstić information content (AvgIpc) is 2.50. The molecule has 1 aliphatic rings. The lowest BCUT2D eigenvalue weighted by molar-refractivity contribution is -0.132. The van der Waals surface area contributed by atoms with Crippen LogP contribution in [0.4, 0.5) is 4.39 Å². The Morgan fingerprint density at radius 2 is 2.13 bits per heavy atom. The van der Waals surface area contributed by atoms with Gasteiger partial charge in [0.25, 0.3) is 0 Å². The van der Waals surface area contributed by atoms with Gasteiger partial charge in [0.2, 0.25) is 5.91 Å². The number of hydrogen-bond donors (Lipinski definition) is 1. The van der Waals surface area contributed by atoms with Crippen LogP contribution in [0.1, 0.15) is 0 Å². The van der Waals surface area contributed by atoms with Gasteiger partial charge in [-0.05, 0) is 25.2 Å². The maximum Gasteiger partial charge on any atom is 0.236 e. The number of nitrogens with one attached hydrogen (secondary N) is 1. The molecule has 0 radical (unpaired) electrons. The number of ether oxygens (including phenoxy) is 1. The predicted octanol–water partition coefficient (Wildman–Crippen LogP) is 1.64. The first-order valence-electron chi connectivity index (χ1n) is 7.31. The van der Waals surface area contributed by atoms with E-state index in [1.807, 2.05) is 16.8 Å². The molecule has 0 unspecified atom stereocenters. The first-order chi connectivity index (χ1) is 10.6. The van der Waals surface area contributed by atoms with E-state index in [1.165, 1.54) is 18.2 Å². The largest absolute Gasteiger partial charge is 0.491 e. The summed E-state index contributed by atoms with van der Waals surface area (Å²) in [4.78, 5) is 15.9. The van der Waals surface area contributed by atoms with Crippen LogP contribution in [-0.2, 0) is 4.79 Å². The number of carbonyl (C=O) groups is 1. The lowest BCUT2D eigenvalue weighted by Crippen LogP contribution is -2.49. The topological polar surface area (TPSA) is 44.8 Å². The van der Waals surface area contributed by atoms with Gasteiger partial charge in [-0.2, -0.15) is 0 Å². The molecule has 5 nitrogen and oxygen atoms in total. The van der Waals surface area contributed by atoms with E-state index in [0.29, 0.717) is 25.4 Å². The van der Waals surface area contributed by atoms with Crippen LogP contribution in [0.3, 0.4) is 0 Å². The summed E-state index contributed by atoms with van der Waals surface area (Å²) in [7, 11) is 1.87. The van der Waals surface area contributed by atoms with Gasteiger partial charge >= 0.3 is 0 Å². The Balaban J connectivity index is 0.00000264. The number of nitrogens with zero attached hydrogens (tertiary/aromatic N) is 2. The van der Waals surface area contributed by atoms with Gasteiger partial charge in [-0.25, -0.2) is 4.39 Å². The van der Waals surface area contributed by atoms with E-state index in [9.17, 15) is 9.18 Å². The fourth-order valence-corrected chi connectivity index (χ4v) is 2.45. The Kier molecular flexibility index (Phi) is 8.62. The molecule has 0 atom stereocenters. The molecule has 1 aromatic carbocycles. The zero-order valence-electron chi connectivity index (χ0n) is 13.1. The molecule has 0 bridgehead atoms. The monoisotopic (exact) mass is 365 g/mol. The number of benzene rings is 1. The van der Waals surface area contributed by atoms with E-state index in [-0.39, 0.29) is 23.3 Å². The fourth-order valence-electron chi connectivity index (χ4n) is 2.23. The molecule has 1 saturated heterocycles. The molecule has 0 aromatic heterocycles. The number of halogens is 3. The van der Waals surface area contributed by atoms with Gasteiger partial charge in [-0.15, -0.1) is 12.4 Å². The van der Waals surface area contributed by atoms with Crippen molar-refractivity contribution in [3.63, 3.8) is 0 Å². The summed E-state index contributed by atoms with van der Waals surface area (Å²) in [5.41, 5.74) is 0. The van der Waals surface area contributed by atoms with Crippen molar-refractivity contribution in [3.8, 4) is 5.75 Å². The van der Waals surface area contributed by atoms with E-state index in [0.717, 1.165) is 26.2 Å². The maximum absolute atomic E-state index is 12.9. The van der Waals surface area contributed by atoms with Crippen LogP contribution >= 0.6 is 24.0 Å². The third kappa shape index (κ3) is 6.51. The van der Waals surface area contributed by atoms with Crippen LogP contribution in [0, 0.1) is 5.82 Å². The maximum atomic E-state index is 12.9. The normalized spacial score (nSPS) is 14.5. The summed E-state index contributed by atoms with van der Waals surface area (Å²) in [5, 5.41) is 3.47. The Hall–Kier alpha value is -1.08. The number of piperazine rings is 1. The van der Waals surface area contributed by atoms with Crippen LogP contribution < -0.4 is 10.1 Å². The molecular weight excluding hydrogens is 344 g/mol. The quantitative estimate of drug-likeness (QED) is 0.832. The number of hydrogen-bond acceptors (Lipinski definition) is 4. The third-order valence-corrected chi connectivity index (χ3v) is 3.79. The molecular formula is C15H22Cl2FN3O2. The van der Waals surface area contributed by atoms with E-state index < -0.39 is 5.82 Å². The van der Waals surface area contributed by atoms with Crippen molar-refractivity contribution in [3.05, 3.63) is 29.0 Å². The molecule has 1 aliphatic heterocycles. The van der Waals surface area contributed by atoms with Gasteiger partial charge in [0.15, 0.2) is 0 Å². The zero-order valence-corrected chi connectivity index (χ0v) is 14.6. The molecule has 0 aliphatic carbocycles. The second kappa shape index (κ2) is 9.93. The first-order valence-corrected chi connectivity index (χ1v) is 7.69. The van der Waals surface area contributed by atoms with Crippen molar-refractivity contribution >= 4 is 29.9 Å². The van der Waals surface area contributed by atoms with E-state index in [4.69, 9.17) is 16.3 Å². The summed E-state index contributed by atoms with van der Waals surface area (Å²) in [6.07, 6.45) is 0. The highest BCUT2D eigenvalue weighted by atomic mass is 35.5. The highest BCUT2D eigenvalue weighted by molar-refractivity contribution is 6.32. The number of carbonyl (C=O) groups excluding carboxylic acids is 1. The highest BCUT2D eigenvalue weighted by Gasteiger charge is 2.17. The Morgan fingerprint density at radius 1 is 1.43 bits per heavy atom. The number of rotatable bonds is 6. The van der Waals surface area contributed by atoms with Crippen molar-refractivity contribution in [2.45, 2.75) is 0 Å². The Morgan fingerprint density at radius 3 is 2.78 bits per heavy atom. The van der Waals surface area contributed by atoms with Crippen LogP contribution in [0.25, 0.3) is 0 Å². The van der Waals surface area contributed by atoms with Gasteiger partial charge in [-0.3, -0.25) is 9.69 Å². The second-order valence-electron chi connectivity index (χ2n) is 5.29. The van der Waals surface area contributed by atoms with Gasteiger partial charge in [-0.1, -0.05) is 11.6 Å². The molecule has 1 amide bonds. The van der Waals surface area contributed by atoms with Crippen molar-refractivity contribution in [2.24, 2.45) is 0 Å². The summed E-state index contributed by atoms with van der Waals surface area (Å²) in [6, 6.07) is 4.02. The lowest BCUT2D eigenvalue weighted by Gasteiger charge is -2.29. The summed E-state index contributed by atoms with van der Waals surface area (Å²) >= 11 is 5.89. The molecule has 1 fully saturated rings. The summed E-state index contributed by atoms with van der Waals surface area (Å²) in [6.45, 7) is 4.55. The molecule has 130 valence electrons. The van der Waals surface area contributed by atoms with Crippen molar-refractivity contribution in [2.75, 3.05) is 52.9 Å². The fraction of sp³-hybridized carbons (Fsp3) is 0.533. The van der Waals surface area contributed by atoms with Crippen molar-refractivity contribution in [1.29, 1.82) is 0 Å². The van der Waals surface area contributed by atoms with Crippen molar-refractivity contribution in [1.82, 2.24) is 15.1 Å². The van der Waals surface area contributed by atoms with E-state index in [1.54, 1.807) is 0 Å². The molecule has 0 spiro atoms. The molecule has 23 heavy (non-hydrogen) atoms. The van der Waals surface area contributed by atoms with Crippen LogP contribution in [-0.4, -0.2) is 68.6 Å². The number of likely N-dealkylation sites (N-methyl/N-ethyl adjacent to an activating group) is 1. The molecule has 2 rings (SSSR count). The Bertz CT molecular complexity index is 513. The SMILES string of the molecule is CN(CCOc1ccc(F)cc1Cl)CC(=O)N1CCNCC1.Cl. The molecule has 0 saturated carbocycles. The standard InChI is InChI=1S/C15H21ClFN3O2.ClH/c1-19(11-15(21)20-6-4-18-5-7-20)8-9-22-14-3-2-12(17)10-13(14)16;/h2-3,10,18H,4-9,11H2,1H3;1H. The smallest absolute Gasteiger partial charge is 0.236 e. The predicted molar refractivity (Wildman–Crippen MR) is 91.1 cm³/mol. The molecule has 1 aromatic rings. The number of amides is 1. The molecule has 8 heteroatoms. The van der Waals surface area contributed by atoms with Gasteiger partial charge in [0.1, 0.15) is 18.2 Å². The van der Waals surface area contributed by atoms with Crippen LogP contribution in [0.2, 0.25) is 5.02 Å². The summed E-state index contributed by atoms with van der Waals surface area (Å²) < 4.78 is 18.4. The van der Waals surface area contributed by atoms with E-state index in [2.05, 4.69) is 5.32 Å². The van der Waals surface area contributed by atoms with Gasteiger partial charge < -0.3 is 15.0 Å². The minimum atomic E-state index is -0.393. The minimum Gasteiger partial charge on any atom is -0.491 e. The second-order valence-corrected chi connectivity index (χ2v) is 5.70. The first kappa shape index (κ1) is 20.0. The van der Waals surface area contributed by atoms with Crippen LogP contribution in [0.15, 0.2) is 18.2 Å². The molecule has 1 N–H and O–H groups in total. The van der Waals surface area contributed by atoms with Crippen LogP contribution in [0.5, 0.6) is 5.75 Å². The lowest BCUT2D eigenvalue weighted by atomic mass is 10.3. The highest BCUT2D eigenvalue weighted by Crippen LogP contribution is 2.24. The summed E-state index contributed by atoms with van der Waals surface area (Å²) in [5.74, 6) is 0.185. The average molecular weight is 366 g/mol. The van der Waals surface area contributed by atoms with Crippen molar-refractivity contribution < 1.29 is 13.9 Å². The third-order valence-electron chi connectivity index (χ3n) is 3.50. The van der Waals surface area contributed by atoms with E-state index >= 15 is 0 Å². The zero-order chi connectivity index (χ0) is 15.9. The van der Waals surface area contributed by atoms with Gasteiger partial charge in [0.05, 0.1) is 11.6 Å².